The first-order valence-corrected chi connectivity index (χ1v) is 8.11. The Labute approximate surface area is 141 Å². The van der Waals surface area contributed by atoms with Crippen molar-refractivity contribution in [3.8, 4) is 0 Å². The Kier molecular flexibility index (Phi) is 4.31. The van der Waals surface area contributed by atoms with E-state index in [9.17, 15) is 13.6 Å². The smallest absolute Gasteiger partial charge is 0.283 e. The number of aliphatic imine (C=N–C) groups is 1. The minimum atomic E-state index is -1.55. The number of alkyl halides is 1. The molecule has 126 valence electrons. The molecule has 8 heteroatoms. The first kappa shape index (κ1) is 16.5. The van der Waals surface area contributed by atoms with Crippen LogP contribution in [-0.2, 0) is 16.7 Å². The standard InChI is InChI=1S/C16H15F2N3O2S/c1-16(14(18)7-23-15(19)21-16)10-4-9(2-3-11(10)17)5-12(22)13-6-20-8-24-13/h2-4,6,8,14H,5,7H2,1H3,(H2,19,21)/t14-,16+/m0/s1. The Hall–Kier alpha value is -2.35. The molecule has 1 aliphatic rings. The third kappa shape index (κ3) is 3.01. The van der Waals surface area contributed by atoms with Crippen molar-refractivity contribution in [1.29, 1.82) is 0 Å². The number of carbonyl (C=O) groups excluding carboxylic acids is 1. The summed E-state index contributed by atoms with van der Waals surface area (Å²) < 4.78 is 33.5. The molecule has 0 bridgehead atoms. The fraction of sp³-hybridized carbons (Fsp3) is 0.312. The number of Topliss-reactive ketones (excluding diaryl/α,β-unsaturated/α-hetero) is 1. The van der Waals surface area contributed by atoms with Gasteiger partial charge in [-0.1, -0.05) is 6.07 Å². The molecule has 0 saturated carbocycles. The molecule has 2 aromatic rings. The first-order chi connectivity index (χ1) is 11.4. The first-order valence-electron chi connectivity index (χ1n) is 7.23. The average Bonchev–Trinajstić information content (AvgIpc) is 3.07. The molecule has 1 aromatic carbocycles. The van der Waals surface area contributed by atoms with Crippen molar-refractivity contribution < 1.29 is 18.3 Å². The number of hydrogen-bond donors (Lipinski definition) is 1. The maximum absolute atomic E-state index is 14.4. The predicted octanol–water partition coefficient (Wildman–Crippen LogP) is 2.61. The fourth-order valence-corrected chi connectivity index (χ4v) is 3.14. The van der Waals surface area contributed by atoms with Gasteiger partial charge in [-0.25, -0.2) is 13.8 Å². The number of thiazole rings is 1. The lowest BCUT2D eigenvalue weighted by Crippen LogP contribution is -2.43. The molecule has 2 atom stereocenters. The van der Waals surface area contributed by atoms with Crippen LogP contribution in [0.2, 0.25) is 0 Å². The van der Waals surface area contributed by atoms with Crippen LogP contribution in [0.1, 0.15) is 27.7 Å². The topological polar surface area (TPSA) is 77.6 Å². The van der Waals surface area contributed by atoms with Gasteiger partial charge in [0.25, 0.3) is 6.02 Å². The number of halogens is 2. The van der Waals surface area contributed by atoms with Crippen molar-refractivity contribution in [2.45, 2.75) is 25.1 Å². The van der Waals surface area contributed by atoms with Gasteiger partial charge in [-0.15, -0.1) is 11.3 Å². The molecule has 1 aliphatic heterocycles. The number of benzene rings is 1. The molecular weight excluding hydrogens is 336 g/mol. The van der Waals surface area contributed by atoms with Crippen molar-refractivity contribution in [3.63, 3.8) is 0 Å². The summed E-state index contributed by atoms with van der Waals surface area (Å²) in [6.07, 6.45) is 0.00427. The third-order valence-electron chi connectivity index (χ3n) is 3.98. The van der Waals surface area contributed by atoms with Crippen LogP contribution in [0, 0.1) is 5.82 Å². The van der Waals surface area contributed by atoms with Gasteiger partial charge < -0.3 is 10.5 Å². The number of nitrogens with zero attached hydrogens (tertiary/aromatic N) is 2. The quantitative estimate of drug-likeness (QED) is 0.859. The summed E-state index contributed by atoms with van der Waals surface area (Å²) in [6, 6.07) is 3.99. The van der Waals surface area contributed by atoms with Gasteiger partial charge in [-0.2, -0.15) is 0 Å². The van der Waals surface area contributed by atoms with E-state index >= 15 is 0 Å². The number of rotatable bonds is 4. The van der Waals surface area contributed by atoms with Gasteiger partial charge in [0.2, 0.25) is 0 Å². The largest absolute Gasteiger partial charge is 0.462 e. The lowest BCUT2D eigenvalue weighted by atomic mass is 9.85. The summed E-state index contributed by atoms with van der Waals surface area (Å²) in [4.78, 5) is 20.5. The molecule has 3 rings (SSSR count). The molecule has 0 radical (unpaired) electrons. The number of aromatic nitrogens is 1. The van der Waals surface area contributed by atoms with Crippen LogP contribution in [0.15, 0.2) is 34.9 Å². The minimum absolute atomic E-state index is 0.0517. The predicted molar refractivity (Wildman–Crippen MR) is 86.4 cm³/mol. The lowest BCUT2D eigenvalue weighted by Gasteiger charge is -2.33. The zero-order valence-corrected chi connectivity index (χ0v) is 13.6. The maximum atomic E-state index is 14.4. The second-order valence-electron chi connectivity index (χ2n) is 5.66. The molecule has 0 amide bonds. The Balaban J connectivity index is 1.95. The SMILES string of the molecule is C[C@]1(c2cc(CC(=O)c3cncs3)ccc2F)N=C(N)OC[C@@H]1F. The summed E-state index contributed by atoms with van der Waals surface area (Å²) >= 11 is 1.24. The van der Waals surface area contributed by atoms with E-state index in [1.54, 1.807) is 5.51 Å². The highest BCUT2D eigenvalue weighted by molar-refractivity contribution is 7.11. The number of ketones is 1. The van der Waals surface area contributed by atoms with Crippen molar-refractivity contribution >= 4 is 23.1 Å². The fourth-order valence-electron chi connectivity index (χ4n) is 2.58. The molecule has 2 N–H and O–H groups in total. The van der Waals surface area contributed by atoms with Crippen LogP contribution in [0.5, 0.6) is 0 Å². The molecule has 0 saturated heterocycles. The Morgan fingerprint density at radius 1 is 1.54 bits per heavy atom. The van der Waals surface area contributed by atoms with Crippen molar-refractivity contribution in [3.05, 3.63) is 51.7 Å². The Morgan fingerprint density at radius 3 is 3.04 bits per heavy atom. The number of carbonyl (C=O) groups is 1. The highest BCUT2D eigenvalue weighted by Crippen LogP contribution is 2.36. The van der Waals surface area contributed by atoms with Crippen LogP contribution < -0.4 is 5.73 Å². The molecule has 0 fully saturated rings. The van der Waals surface area contributed by atoms with E-state index in [1.807, 2.05) is 0 Å². The summed E-state index contributed by atoms with van der Waals surface area (Å²) in [6.45, 7) is 1.16. The van der Waals surface area contributed by atoms with Gasteiger partial charge in [-0.3, -0.25) is 9.78 Å². The van der Waals surface area contributed by atoms with Gasteiger partial charge in [0.15, 0.2) is 12.0 Å². The van der Waals surface area contributed by atoms with Crippen molar-refractivity contribution in [1.82, 2.24) is 4.98 Å². The van der Waals surface area contributed by atoms with Gasteiger partial charge in [0.1, 0.15) is 18.0 Å². The molecular formula is C16H15F2N3O2S. The number of ether oxygens (including phenoxy) is 1. The van der Waals surface area contributed by atoms with Gasteiger partial charge in [0, 0.05) is 18.2 Å². The van der Waals surface area contributed by atoms with E-state index in [4.69, 9.17) is 10.5 Å². The monoisotopic (exact) mass is 351 g/mol. The highest BCUT2D eigenvalue weighted by Gasteiger charge is 2.42. The van der Waals surface area contributed by atoms with E-state index in [0.29, 0.717) is 10.4 Å². The third-order valence-corrected chi connectivity index (χ3v) is 4.79. The van der Waals surface area contributed by atoms with E-state index in [2.05, 4.69) is 9.98 Å². The molecule has 1 aromatic heterocycles. The molecule has 24 heavy (non-hydrogen) atoms. The summed E-state index contributed by atoms with van der Waals surface area (Å²) in [7, 11) is 0. The van der Waals surface area contributed by atoms with E-state index < -0.39 is 17.5 Å². The number of hydrogen-bond acceptors (Lipinski definition) is 6. The minimum Gasteiger partial charge on any atom is -0.462 e. The van der Waals surface area contributed by atoms with Crippen LogP contribution >= 0.6 is 11.3 Å². The normalized spacial score (nSPS) is 23.5. The lowest BCUT2D eigenvalue weighted by molar-refractivity contribution is 0.0922. The zero-order chi connectivity index (χ0) is 17.3. The van der Waals surface area contributed by atoms with E-state index in [-0.39, 0.29) is 30.4 Å². The summed E-state index contributed by atoms with van der Waals surface area (Å²) in [5.41, 5.74) is 6.22. The summed E-state index contributed by atoms with van der Waals surface area (Å²) in [5.74, 6) is -0.736. The second-order valence-corrected chi connectivity index (χ2v) is 6.54. The average molecular weight is 351 g/mol. The molecule has 0 aliphatic carbocycles. The van der Waals surface area contributed by atoms with Crippen molar-refractivity contribution in [2.75, 3.05) is 6.61 Å². The highest BCUT2D eigenvalue weighted by atomic mass is 32.1. The Bertz CT molecular complexity index is 795. The van der Waals surface area contributed by atoms with Gasteiger partial charge in [0.05, 0.1) is 10.4 Å². The molecule has 5 nitrogen and oxygen atoms in total. The van der Waals surface area contributed by atoms with Crippen LogP contribution in [0.4, 0.5) is 8.78 Å². The van der Waals surface area contributed by atoms with Crippen LogP contribution in [0.3, 0.4) is 0 Å². The number of amidine groups is 1. The maximum Gasteiger partial charge on any atom is 0.283 e. The van der Waals surface area contributed by atoms with E-state index in [1.165, 1.54) is 42.7 Å². The van der Waals surface area contributed by atoms with Crippen molar-refractivity contribution in [2.24, 2.45) is 10.7 Å². The van der Waals surface area contributed by atoms with Crippen LogP contribution in [0.25, 0.3) is 0 Å². The summed E-state index contributed by atoms with van der Waals surface area (Å²) in [5, 5.41) is 0. The van der Waals surface area contributed by atoms with Gasteiger partial charge >= 0.3 is 0 Å². The Morgan fingerprint density at radius 2 is 2.33 bits per heavy atom. The molecule has 0 spiro atoms. The molecule has 0 unspecified atom stereocenters. The van der Waals surface area contributed by atoms with E-state index in [0.717, 1.165) is 0 Å². The second kappa shape index (κ2) is 6.27. The zero-order valence-electron chi connectivity index (χ0n) is 12.8. The van der Waals surface area contributed by atoms with Crippen LogP contribution in [-0.4, -0.2) is 29.6 Å². The number of nitrogens with two attached hydrogens (primary N) is 1. The van der Waals surface area contributed by atoms with Gasteiger partial charge in [-0.05, 0) is 24.6 Å². The molecule has 2 heterocycles.